The molecular weight excluding hydrogens is 221 g/mol. The molecule has 3 N–H and O–H groups in total. The van der Waals surface area contributed by atoms with Gasteiger partial charge in [0.2, 0.25) is 0 Å². The molecule has 0 bridgehead atoms. The van der Waals surface area contributed by atoms with E-state index < -0.39 is 18.8 Å². The van der Waals surface area contributed by atoms with Gasteiger partial charge in [-0.05, 0) is 0 Å². The number of alkyl halides is 3. The molecule has 0 aromatic heterocycles. The number of hydrogen-bond donors (Lipinski definition) is 2. The molecule has 0 saturated carbocycles. The number of nitrogens with one attached hydrogen (secondary N) is 1. The van der Waals surface area contributed by atoms with Gasteiger partial charge in [0.15, 0.2) is 0 Å². The molecule has 0 aromatic carbocycles. The first kappa shape index (κ1) is 13.1. The van der Waals surface area contributed by atoms with Crippen LogP contribution in [0.4, 0.5) is 13.2 Å². The molecule has 82 valence electrons. The van der Waals surface area contributed by atoms with Gasteiger partial charge in [-0.1, -0.05) is 12.2 Å². The van der Waals surface area contributed by atoms with Gasteiger partial charge < -0.3 is 15.8 Å². The largest absolute Gasteiger partial charge is 0.490 e. The van der Waals surface area contributed by atoms with Crippen LogP contribution in [0.5, 0.6) is 0 Å². The molecule has 0 amide bonds. The Bertz CT molecular complexity index is 220. The lowest BCUT2D eigenvalue weighted by atomic mass is 10.6. The fourth-order valence-corrected chi connectivity index (χ4v) is 0.637. The van der Waals surface area contributed by atoms with Crippen LogP contribution in [0, 0.1) is 0 Å². The molecule has 0 aromatic rings. The molecule has 0 rings (SSSR count). The van der Waals surface area contributed by atoms with Crippen LogP contribution in [0.1, 0.15) is 0 Å². The molecule has 0 saturated heterocycles. The molecular formula is C6H9F3N2O2S. The van der Waals surface area contributed by atoms with Crippen LogP contribution in [0.25, 0.3) is 0 Å². The molecule has 0 radical (unpaired) electrons. The first-order valence-electron chi connectivity index (χ1n) is 3.58. The number of carbonyl (C=O) groups excluding carboxylic acids is 1. The highest BCUT2D eigenvalue weighted by Crippen LogP contribution is 2.16. The zero-order chi connectivity index (χ0) is 11.2. The zero-order valence-corrected chi connectivity index (χ0v) is 7.87. The summed E-state index contributed by atoms with van der Waals surface area (Å²) in [7, 11) is 0. The molecule has 8 heteroatoms. The number of nitrogens with two attached hydrogens (primary N) is 1. The van der Waals surface area contributed by atoms with Crippen LogP contribution in [0.15, 0.2) is 0 Å². The van der Waals surface area contributed by atoms with E-state index in [0.29, 0.717) is 6.54 Å². The fourth-order valence-electron chi connectivity index (χ4n) is 0.476. The van der Waals surface area contributed by atoms with Crippen LogP contribution in [0.2, 0.25) is 0 Å². The second kappa shape index (κ2) is 5.76. The lowest BCUT2D eigenvalue weighted by Crippen LogP contribution is -2.34. The smallest absolute Gasteiger partial charge is 0.452 e. The van der Waals surface area contributed by atoms with Crippen LogP contribution >= 0.6 is 12.2 Å². The first-order valence-corrected chi connectivity index (χ1v) is 3.99. The lowest BCUT2D eigenvalue weighted by molar-refractivity contribution is -0.197. The van der Waals surface area contributed by atoms with Crippen molar-refractivity contribution in [3.63, 3.8) is 0 Å². The molecule has 0 heterocycles. The van der Waals surface area contributed by atoms with E-state index in [-0.39, 0.29) is 11.5 Å². The van der Waals surface area contributed by atoms with Crippen molar-refractivity contribution in [3.05, 3.63) is 0 Å². The average Bonchev–Trinajstić information content (AvgIpc) is 2.09. The summed E-state index contributed by atoms with van der Waals surface area (Å²) in [6, 6.07) is 0. The standard InChI is InChI=1S/C6H9F3N2O2S/c7-6(8,9)5(12)13-3-4(14)11-2-1-10/h1-3,10H2,(H,11,14). The van der Waals surface area contributed by atoms with E-state index >= 15 is 0 Å². The highest BCUT2D eigenvalue weighted by molar-refractivity contribution is 7.80. The third kappa shape index (κ3) is 5.70. The van der Waals surface area contributed by atoms with Crippen LogP contribution < -0.4 is 11.1 Å². The number of rotatable bonds is 4. The van der Waals surface area contributed by atoms with E-state index in [0.717, 1.165) is 0 Å². The molecule has 0 fully saturated rings. The monoisotopic (exact) mass is 230 g/mol. The molecule has 0 unspecified atom stereocenters. The van der Waals surface area contributed by atoms with Crippen molar-refractivity contribution in [2.24, 2.45) is 5.73 Å². The Morgan fingerprint density at radius 1 is 1.50 bits per heavy atom. The van der Waals surface area contributed by atoms with Crippen molar-refractivity contribution >= 4 is 23.2 Å². The highest BCUT2D eigenvalue weighted by atomic mass is 32.1. The minimum absolute atomic E-state index is 0.00745. The summed E-state index contributed by atoms with van der Waals surface area (Å²) in [6.07, 6.45) is -4.98. The van der Waals surface area contributed by atoms with Gasteiger partial charge in [-0.25, -0.2) is 4.79 Å². The maximum absolute atomic E-state index is 11.6. The summed E-state index contributed by atoms with van der Waals surface area (Å²) in [6.45, 7) is 0.0173. The van der Waals surface area contributed by atoms with E-state index in [4.69, 9.17) is 5.73 Å². The Morgan fingerprint density at radius 3 is 2.50 bits per heavy atom. The van der Waals surface area contributed by atoms with E-state index in [2.05, 4.69) is 22.3 Å². The van der Waals surface area contributed by atoms with Crippen molar-refractivity contribution < 1.29 is 22.7 Å². The molecule has 4 nitrogen and oxygen atoms in total. The first-order chi connectivity index (χ1) is 6.38. The summed E-state index contributed by atoms with van der Waals surface area (Å²) in [5.74, 6) is -2.26. The number of carbonyl (C=O) groups is 1. The number of hydrogen-bond acceptors (Lipinski definition) is 4. The minimum atomic E-state index is -4.98. The van der Waals surface area contributed by atoms with Crippen molar-refractivity contribution in [1.29, 1.82) is 0 Å². The van der Waals surface area contributed by atoms with Crippen molar-refractivity contribution in [3.8, 4) is 0 Å². The maximum Gasteiger partial charge on any atom is 0.490 e. The molecule has 0 aliphatic heterocycles. The van der Waals surface area contributed by atoms with E-state index in [1.54, 1.807) is 0 Å². The van der Waals surface area contributed by atoms with Gasteiger partial charge in [0.25, 0.3) is 0 Å². The van der Waals surface area contributed by atoms with E-state index in [1.807, 2.05) is 0 Å². The van der Waals surface area contributed by atoms with Gasteiger partial charge in [-0.2, -0.15) is 13.2 Å². The summed E-state index contributed by atoms with van der Waals surface area (Å²) in [5, 5.41) is 2.50. The molecule has 0 spiro atoms. The fraction of sp³-hybridized carbons (Fsp3) is 0.667. The Kier molecular flexibility index (Phi) is 5.39. The Balaban J connectivity index is 3.73. The third-order valence-corrected chi connectivity index (χ3v) is 1.29. The summed E-state index contributed by atoms with van der Waals surface area (Å²) >= 11 is 4.55. The number of thiocarbonyl (C=S) groups is 1. The third-order valence-electron chi connectivity index (χ3n) is 1.03. The normalized spacial score (nSPS) is 10.9. The lowest BCUT2D eigenvalue weighted by Gasteiger charge is -2.08. The summed E-state index contributed by atoms with van der Waals surface area (Å²) in [5.41, 5.74) is 5.09. The quantitative estimate of drug-likeness (QED) is 0.524. The van der Waals surface area contributed by atoms with Crippen LogP contribution in [-0.2, 0) is 9.53 Å². The van der Waals surface area contributed by atoms with Gasteiger partial charge in [-0.15, -0.1) is 0 Å². The molecule has 0 aliphatic rings. The van der Waals surface area contributed by atoms with Crippen molar-refractivity contribution in [2.45, 2.75) is 6.18 Å². The Labute approximate surface area is 83.6 Å². The second-order valence-corrected chi connectivity index (χ2v) is 2.71. The SMILES string of the molecule is NCCNC(=S)COC(=O)C(F)(F)F. The predicted molar refractivity (Wildman–Crippen MR) is 46.7 cm³/mol. The second-order valence-electron chi connectivity index (χ2n) is 2.21. The Morgan fingerprint density at radius 2 is 2.07 bits per heavy atom. The molecule has 0 atom stereocenters. The zero-order valence-electron chi connectivity index (χ0n) is 7.06. The summed E-state index contributed by atoms with van der Waals surface area (Å²) < 4.78 is 38.6. The van der Waals surface area contributed by atoms with Crippen LogP contribution in [0.3, 0.4) is 0 Å². The van der Waals surface area contributed by atoms with Crippen LogP contribution in [-0.4, -0.2) is 36.8 Å². The van der Waals surface area contributed by atoms with E-state index in [9.17, 15) is 18.0 Å². The molecule has 14 heavy (non-hydrogen) atoms. The van der Waals surface area contributed by atoms with Crippen molar-refractivity contribution in [2.75, 3.05) is 19.7 Å². The topological polar surface area (TPSA) is 64.3 Å². The highest BCUT2D eigenvalue weighted by Gasteiger charge is 2.40. The van der Waals surface area contributed by atoms with Gasteiger partial charge in [0.1, 0.15) is 11.6 Å². The number of esters is 1. The predicted octanol–water partition coefficient (Wildman–Crippen LogP) is -0.0324. The number of ether oxygens (including phenoxy) is 1. The summed E-state index contributed by atoms with van der Waals surface area (Å²) in [4.78, 5) is 10.2. The van der Waals surface area contributed by atoms with Gasteiger partial charge >= 0.3 is 12.1 Å². The maximum atomic E-state index is 11.6. The number of halogens is 3. The molecule has 0 aliphatic carbocycles. The van der Waals surface area contributed by atoms with Gasteiger partial charge in [0, 0.05) is 13.1 Å². The van der Waals surface area contributed by atoms with Gasteiger partial charge in [0.05, 0.1) is 0 Å². The van der Waals surface area contributed by atoms with E-state index in [1.165, 1.54) is 0 Å². The Hall–Kier alpha value is -0.890. The van der Waals surface area contributed by atoms with Crippen molar-refractivity contribution in [1.82, 2.24) is 5.32 Å². The average molecular weight is 230 g/mol. The minimum Gasteiger partial charge on any atom is -0.452 e. The van der Waals surface area contributed by atoms with Gasteiger partial charge in [-0.3, -0.25) is 0 Å².